The zero-order valence-electron chi connectivity index (χ0n) is 12.3. The number of aromatic nitrogens is 2. The molecule has 0 N–H and O–H groups in total. The molecule has 1 aromatic heterocycles. The summed E-state index contributed by atoms with van der Waals surface area (Å²) in [6, 6.07) is 6.66. The van der Waals surface area contributed by atoms with Crippen molar-refractivity contribution >= 4 is 5.95 Å². The molecule has 0 radical (unpaired) electrons. The van der Waals surface area contributed by atoms with Gasteiger partial charge in [-0.25, -0.2) is 18.7 Å². The summed E-state index contributed by atoms with van der Waals surface area (Å²) in [7, 11) is 0. The van der Waals surface area contributed by atoms with Crippen molar-refractivity contribution in [2.24, 2.45) is 0 Å². The molecule has 1 aliphatic rings. The van der Waals surface area contributed by atoms with Crippen molar-refractivity contribution in [2.45, 2.75) is 6.42 Å². The van der Waals surface area contributed by atoms with Gasteiger partial charge in [0.2, 0.25) is 5.95 Å². The van der Waals surface area contributed by atoms with E-state index >= 15 is 0 Å². The van der Waals surface area contributed by atoms with E-state index in [9.17, 15) is 8.78 Å². The zero-order valence-corrected chi connectivity index (χ0v) is 12.3. The van der Waals surface area contributed by atoms with E-state index in [2.05, 4.69) is 19.8 Å². The maximum atomic E-state index is 12.9. The Balaban J connectivity index is 1.47. The Hall–Kier alpha value is -2.08. The first kappa shape index (κ1) is 14.8. The molecule has 116 valence electrons. The lowest BCUT2D eigenvalue weighted by Gasteiger charge is -2.34. The van der Waals surface area contributed by atoms with E-state index in [1.54, 1.807) is 0 Å². The topological polar surface area (TPSA) is 32.3 Å². The van der Waals surface area contributed by atoms with E-state index in [-0.39, 0.29) is 5.82 Å². The molecule has 1 aromatic carbocycles. The minimum Gasteiger partial charge on any atom is -0.338 e. The quantitative estimate of drug-likeness (QED) is 0.866. The van der Waals surface area contributed by atoms with Gasteiger partial charge in [0.1, 0.15) is 5.82 Å². The summed E-state index contributed by atoms with van der Waals surface area (Å²) in [4.78, 5) is 12.5. The number of benzene rings is 1. The summed E-state index contributed by atoms with van der Waals surface area (Å²) in [6.45, 7) is 4.44. The largest absolute Gasteiger partial charge is 0.338 e. The van der Waals surface area contributed by atoms with Gasteiger partial charge in [-0.1, -0.05) is 12.1 Å². The van der Waals surface area contributed by atoms with Gasteiger partial charge in [0.05, 0.1) is 12.4 Å². The second-order valence-electron chi connectivity index (χ2n) is 5.41. The molecular weight excluding hydrogens is 286 g/mol. The van der Waals surface area contributed by atoms with Crippen molar-refractivity contribution in [3.05, 3.63) is 53.9 Å². The molecule has 0 spiro atoms. The Kier molecular flexibility index (Phi) is 4.58. The van der Waals surface area contributed by atoms with Gasteiger partial charge in [0.25, 0.3) is 0 Å². The van der Waals surface area contributed by atoms with Gasteiger partial charge in [0.15, 0.2) is 5.82 Å². The van der Waals surface area contributed by atoms with Gasteiger partial charge in [-0.2, -0.15) is 0 Å². The molecule has 1 aliphatic heterocycles. The van der Waals surface area contributed by atoms with Gasteiger partial charge in [-0.3, -0.25) is 4.90 Å². The highest BCUT2D eigenvalue weighted by atomic mass is 19.1. The molecule has 4 nitrogen and oxygen atoms in total. The summed E-state index contributed by atoms with van der Waals surface area (Å²) in [6.07, 6.45) is 3.31. The molecular formula is C16H18F2N4. The molecule has 0 bridgehead atoms. The highest BCUT2D eigenvalue weighted by Crippen LogP contribution is 2.11. The zero-order chi connectivity index (χ0) is 15.4. The van der Waals surface area contributed by atoms with Crippen molar-refractivity contribution in [1.82, 2.24) is 14.9 Å². The van der Waals surface area contributed by atoms with E-state index in [4.69, 9.17) is 0 Å². The number of nitrogens with zero attached hydrogens (tertiary/aromatic N) is 4. The maximum Gasteiger partial charge on any atom is 0.225 e. The van der Waals surface area contributed by atoms with E-state index in [1.807, 2.05) is 12.1 Å². The minimum absolute atomic E-state index is 0.198. The average molecular weight is 304 g/mol. The Morgan fingerprint density at radius 2 is 1.50 bits per heavy atom. The van der Waals surface area contributed by atoms with Gasteiger partial charge in [-0.15, -0.1) is 0 Å². The summed E-state index contributed by atoms with van der Waals surface area (Å²) in [5.74, 6) is -0.0297. The fourth-order valence-electron chi connectivity index (χ4n) is 2.58. The van der Waals surface area contributed by atoms with Crippen LogP contribution >= 0.6 is 0 Å². The third-order valence-electron chi connectivity index (χ3n) is 3.89. The Morgan fingerprint density at radius 1 is 0.864 bits per heavy atom. The van der Waals surface area contributed by atoms with Crippen molar-refractivity contribution in [3.63, 3.8) is 0 Å². The molecule has 0 saturated carbocycles. The van der Waals surface area contributed by atoms with Crippen molar-refractivity contribution in [3.8, 4) is 0 Å². The van der Waals surface area contributed by atoms with Gasteiger partial charge in [0, 0.05) is 32.7 Å². The summed E-state index contributed by atoms with van der Waals surface area (Å²) < 4.78 is 25.7. The fourth-order valence-corrected chi connectivity index (χ4v) is 2.58. The number of hydrogen-bond donors (Lipinski definition) is 0. The predicted octanol–water partition coefficient (Wildman–Crippen LogP) is 2.12. The molecule has 1 fully saturated rings. The fraction of sp³-hybridized carbons (Fsp3) is 0.375. The molecule has 0 atom stereocenters. The van der Waals surface area contributed by atoms with E-state index in [1.165, 1.54) is 24.5 Å². The van der Waals surface area contributed by atoms with Crippen LogP contribution in [-0.4, -0.2) is 47.6 Å². The first-order valence-corrected chi connectivity index (χ1v) is 7.40. The summed E-state index contributed by atoms with van der Waals surface area (Å²) >= 11 is 0. The van der Waals surface area contributed by atoms with E-state index < -0.39 is 5.82 Å². The van der Waals surface area contributed by atoms with Crippen LogP contribution in [0.1, 0.15) is 5.56 Å². The first-order chi connectivity index (χ1) is 10.7. The lowest BCUT2D eigenvalue weighted by Crippen LogP contribution is -2.47. The smallest absolute Gasteiger partial charge is 0.225 e. The van der Waals surface area contributed by atoms with Crippen LogP contribution in [0.3, 0.4) is 0 Å². The van der Waals surface area contributed by atoms with Gasteiger partial charge < -0.3 is 4.90 Å². The number of piperazine rings is 1. The Bertz CT molecular complexity index is 593. The third kappa shape index (κ3) is 3.76. The first-order valence-electron chi connectivity index (χ1n) is 7.40. The van der Waals surface area contributed by atoms with Crippen LogP contribution in [0.2, 0.25) is 0 Å². The number of anilines is 1. The summed E-state index contributed by atoms with van der Waals surface area (Å²) in [5, 5.41) is 0. The van der Waals surface area contributed by atoms with E-state index in [0.717, 1.165) is 44.7 Å². The normalized spacial score (nSPS) is 16.0. The minimum atomic E-state index is -0.415. The standard InChI is InChI=1S/C16H18F2N4/c17-14-3-1-13(2-4-14)5-6-21-7-9-22(10-8-21)16-19-11-15(18)12-20-16/h1-4,11-12H,5-10H2. The van der Waals surface area contributed by atoms with E-state index in [0.29, 0.717) is 5.95 Å². The lowest BCUT2D eigenvalue weighted by atomic mass is 10.1. The van der Waals surface area contributed by atoms with Crippen LogP contribution in [0.15, 0.2) is 36.7 Å². The van der Waals surface area contributed by atoms with Crippen molar-refractivity contribution in [1.29, 1.82) is 0 Å². The number of halogens is 2. The number of hydrogen-bond acceptors (Lipinski definition) is 4. The Morgan fingerprint density at radius 3 is 2.14 bits per heavy atom. The lowest BCUT2D eigenvalue weighted by molar-refractivity contribution is 0.259. The molecule has 0 amide bonds. The molecule has 3 rings (SSSR count). The van der Waals surface area contributed by atoms with Gasteiger partial charge in [-0.05, 0) is 24.1 Å². The van der Waals surface area contributed by atoms with Gasteiger partial charge >= 0.3 is 0 Å². The molecule has 22 heavy (non-hydrogen) atoms. The maximum absolute atomic E-state index is 12.9. The number of rotatable bonds is 4. The average Bonchev–Trinajstić information content (AvgIpc) is 2.56. The monoisotopic (exact) mass is 304 g/mol. The molecule has 1 saturated heterocycles. The molecule has 0 aliphatic carbocycles. The third-order valence-corrected chi connectivity index (χ3v) is 3.89. The van der Waals surface area contributed by atoms with Crippen LogP contribution in [0.5, 0.6) is 0 Å². The predicted molar refractivity (Wildman–Crippen MR) is 80.7 cm³/mol. The Labute approximate surface area is 128 Å². The van der Waals surface area contributed by atoms with Crippen molar-refractivity contribution in [2.75, 3.05) is 37.6 Å². The molecule has 6 heteroatoms. The highest BCUT2D eigenvalue weighted by molar-refractivity contribution is 5.29. The highest BCUT2D eigenvalue weighted by Gasteiger charge is 2.18. The van der Waals surface area contributed by atoms with Crippen LogP contribution in [-0.2, 0) is 6.42 Å². The molecule has 2 heterocycles. The van der Waals surface area contributed by atoms with Crippen LogP contribution in [0, 0.1) is 11.6 Å². The second-order valence-corrected chi connectivity index (χ2v) is 5.41. The SMILES string of the molecule is Fc1ccc(CCN2CCN(c3ncc(F)cn3)CC2)cc1. The van der Waals surface area contributed by atoms with Crippen molar-refractivity contribution < 1.29 is 8.78 Å². The second kappa shape index (κ2) is 6.79. The van der Waals surface area contributed by atoms with Crippen LogP contribution < -0.4 is 4.90 Å². The van der Waals surface area contributed by atoms with Crippen LogP contribution in [0.25, 0.3) is 0 Å². The van der Waals surface area contributed by atoms with Crippen LogP contribution in [0.4, 0.5) is 14.7 Å². The molecule has 0 unspecified atom stereocenters. The summed E-state index contributed by atoms with van der Waals surface area (Å²) in [5.41, 5.74) is 1.14. The molecule has 2 aromatic rings.